The van der Waals surface area contributed by atoms with Crippen molar-refractivity contribution in [3.05, 3.63) is 215 Å². The van der Waals surface area contributed by atoms with Gasteiger partial charge in [0.1, 0.15) is 22.8 Å². The molecule has 2 heterocycles. The number of halogens is 1. The van der Waals surface area contributed by atoms with Crippen molar-refractivity contribution in [2.24, 2.45) is 0 Å². The summed E-state index contributed by atoms with van der Waals surface area (Å²) in [4.78, 5) is 15.3. The fraction of sp³-hybridized carbons (Fsp3) is 0.0806. The zero-order valence-electron chi connectivity index (χ0n) is 39.7. The van der Waals surface area contributed by atoms with Gasteiger partial charge in [0, 0.05) is 52.2 Å². The third kappa shape index (κ3) is 8.01. The van der Waals surface area contributed by atoms with E-state index in [1.54, 1.807) is 51.5 Å². The van der Waals surface area contributed by atoms with E-state index in [4.69, 9.17) is 18.9 Å². The third-order valence-electron chi connectivity index (χ3n) is 13.7. The van der Waals surface area contributed by atoms with Gasteiger partial charge in [-0.25, -0.2) is 0 Å². The summed E-state index contributed by atoms with van der Waals surface area (Å²) in [6.45, 7) is 0. The third-order valence-corrected chi connectivity index (χ3v) is 16.1. The number of fused-ring (bicyclic) bond motifs is 6. The van der Waals surface area contributed by atoms with Crippen LogP contribution in [0.4, 0.5) is 0 Å². The number of ether oxygens (including phenoxy) is 4. The SMILES string of the molecule is COc1cc[c-]cc1.COc1ccc(C2(O)c3ccc(OC)cc3Sc3c2cc2ccc4cccc5ccc3c2c45)cc1.COc1ccc2c(=O)c3cc4ccc5cccc6ccc(c3sc2c1)c4c56.[Br-].[Mg+2]. The van der Waals surface area contributed by atoms with Crippen LogP contribution in [0.2, 0.25) is 0 Å². The smallest absolute Gasteiger partial charge is 1.00 e. The van der Waals surface area contributed by atoms with Gasteiger partial charge in [-0.1, -0.05) is 115 Å². The van der Waals surface area contributed by atoms with Gasteiger partial charge in [-0.15, -0.1) is 23.5 Å². The first-order valence-corrected chi connectivity index (χ1v) is 24.5. The first-order chi connectivity index (χ1) is 34.3. The van der Waals surface area contributed by atoms with Gasteiger partial charge in [0.25, 0.3) is 0 Å². The van der Waals surface area contributed by atoms with Crippen molar-refractivity contribution in [2.75, 3.05) is 28.4 Å². The summed E-state index contributed by atoms with van der Waals surface area (Å²) < 4.78 is 23.2. The van der Waals surface area contributed by atoms with E-state index >= 15 is 0 Å². The summed E-state index contributed by atoms with van der Waals surface area (Å²) in [5.41, 5.74) is 1.33. The number of rotatable bonds is 5. The minimum Gasteiger partial charge on any atom is -1.00 e. The van der Waals surface area contributed by atoms with Crippen molar-refractivity contribution in [3.8, 4) is 23.0 Å². The molecule has 1 atom stereocenters. The van der Waals surface area contributed by atoms with E-state index in [-0.39, 0.29) is 45.5 Å². The molecule has 0 amide bonds. The van der Waals surface area contributed by atoms with Gasteiger partial charge in [0.2, 0.25) is 0 Å². The standard InChI is InChI=1S/C31H22O3S.C24H14O2S.C7H7O.BrH.Mg/c1-33-22-11-9-21(10-12-22)31(32)25-15-13-23(34-2)17-27(25)35-30-24-14-8-19-5-3-4-18-6-7-20(16-26(30)31)29(24)28(18)19;1-26-16-8-10-17-20(12-16)27-24-18-9-7-14-4-2-3-13-5-6-15(22(18)21(13)14)11-19(24)23(17)25;1-8-7-5-3-2-4-6-7;;/h3-17,32H,1-2H3;2-12H,1H3;3-6H,1H3;1H;/q;;-1;;+2/p-1. The number of benzene rings is 12. The zero-order chi connectivity index (χ0) is 47.7. The van der Waals surface area contributed by atoms with Gasteiger partial charge in [-0.3, -0.25) is 4.79 Å². The first kappa shape index (κ1) is 49.0. The van der Waals surface area contributed by atoms with Crippen LogP contribution in [0.3, 0.4) is 0 Å². The van der Waals surface area contributed by atoms with Crippen LogP contribution < -0.4 is 41.4 Å². The topological polar surface area (TPSA) is 74.2 Å². The second-order valence-electron chi connectivity index (χ2n) is 17.4. The molecule has 13 aromatic rings. The molecule has 0 saturated carbocycles. The average molecular weight is 1050 g/mol. The summed E-state index contributed by atoms with van der Waals surface area (Å²) in [6.07, 6.45) is 0. The molecule has 0 saturated heterocycles. The number of methoxy groups -OCH3 is 4. The second kappa shape index (κ2) is 19.8. The summed E-state index contributed by atoms with van der Waals surface area (Å²) in [5.74, 6) is 3.18. The quantitative estimate of drug-likeness (QED) is 0.0797. The van der Waals surface area contributed by atoms with Crippen LogP contribution in [0.15, 0.2) is 197 Å². The molecular formula is C62H43BrMgO6S2. The van der Waals surface area contributed by atoms with Crippen molar-refractivity contribution in [1.82, 2.24) is 0 Å². The Balaban J connectivity index is 0.000000143. The van der Waals surface area contributed by atoms with Crippen LogP contribution in [-0.2, 0) is 5.60 Å². The second-order valence-corrected chi connectivity index (χ2v) is 19.5. The molecule has 1 aliphatic heterocycles. The molecule has 0 aliphatic carbocycles. The normalized spacial score (nSPS) is 13.7. The molecule has 1 unspecified atom stereocenters. The fourth-order valence-corrected chi connectivity index (χ4v) is 12.8. The summed E-state index contributed by atoms with van der Waals surface area (Å²) >= 11 is 3.37. The number of aliphatic hydroxyl groups is 1. The molecule has 12 aromatic carbocycles. The molecular weight excluding hydrogens is 1010 g/mol. The van der Waals surface area contributed by atoms with Gasteiger partial charge >= 0.3 is 23.1 Å². The molecule has 10 heteroatoms. The van der Waals surface area contributed by atoms with E-state index in [9.17, 15) is 9.90 Å². The van der Waals surface area contributed by atoms with Crippen LogP contribution in [-0.4, -0.2) is 56.6 Å². The molecule has 0 radical (unpaired) electrons. The minimum absolute atomic E-state index is 0. The molecule has 0 bridgehead atoms. The molecule has 1 aliphatic rings. The largest absolute Gasteiger partial charge is 2.00 e. The Hall–Kier alpha value is -6.63. The Morgan fingerprint density at radius 1 is 0.472 bits per heavy atom. The number of hydrogen-bond donors (Lipinski definition) is 1. The van der Waals surface area contributed by atoms with Crippen molar-refractivity contribution < 1.29 is 41.0 Å². The molecule has 348 valence electrons. The first-order valence-electron chi connectivity index (χ1n) is 22.8. The van der Waals surface area contributed by atoms with E-state index in [1.807, 2.05) is 84.9 Å². The molecule has 1 aromatic heterocycles. The fourth-order valence-electron chi connectivity index (χ4n) is 10.3. The maximum Gasteiger partial charge on any atom is 2.00 e. The van der Waals surface area contributed by atoms with Gasteiger partial charge in [0.15, 0.2) is 5.43 Å². The van der Waals surface area contributed by atoms with Gasteiger partial charge in [0.05, 0.1) is 28.4 Å². The Bertz CT molecular complexity index is 4170. The van der Waals surface area contributed by atoms with Crippen molar-refractivity contribution in [3.63, 3.8) is 0 Å². The van der Waals surface area contributed by atoms with Crippen molar-refractivity contribution in [2.45, 2.75) is 15.4 Å². The maximum absolute atomic E-state index is 13.2. The van der Waals surface area contributed by atoms with Crippen LogP contribution in [0.1, 0.15) is 16.7 Å². The van der Waals surface area contributed by atoms with Crippen LogP contribution >= 0.6 is 23.1 Å². The van der Waals surface area contributed by atoms with Crippen LogP contribution in [0, 0.1) is 6.07 Å². The van der Waals surface area contributed by atoms with E-state index in [0.29, 0.717) is 0 Å². The Morgan fingerprint density at radius 3 is 1.58 bits per heavy atom. The van der Waals surface area contributed by atoms with Crippen molar-refractivity contribution in [1.29, 1.82) is 0 Å². The Kier molecular flexibility index (Phi) is 13.4. The minimum atomic E-state index is -1.32. The number of hydrogen-bond acceptors (Lipinski definition) is 8. The monoisotopic (exact) mass is 1050 g/mol. The zero-order valence-corrected chi connectivity index (χ0v) is 44.3. The summed E-state index contributed by atoms with van der Waals surface area (Å²) in [5, 5.41) is 28.8. The maximum atomic E-state index is 13.2. The average Bonchev–Trinajstić information content (AvgIpc) is 3.42. The summed E-state index contributed by atoms with van der Waals surface area (Å²) in [6, 6.07) is 64.0. The van der Waals surface area contributed by atoms with Crippen molar-refractivity contribution >= 4 is 131 Å². The van der Waals surface area contributed by atoms with E-state index in [0.717, 1.165) is 91.2 Å². The van der Waals surface area contributed by atoms with Gasteiger partial charge < -0.3 is 41.0 Å². The molecule has 0 spiro atoms. The Labute approximate surface area is 450 Å². The predicted octanol–water partition coefficient (Wildman–Crippen LogP) is 11.8. The van der Waals surface area contributed by atoms with E-state index < -0.39 is 5.60 Å². The van der Waals surface area contributed by atoms with Crippen LogP contribution in [0.25, 0.3) is 84.8 Å². The Morgan fingerprint density at radius 2 is 0.972 bits per heavy atom. The van der Waals surface area contributed by atoms with Crippen LogP contribution in [0.5, 0.6) is 23.0 Å². The molecule has 1 N–H and O–H groups in total. The molecule has 14 rings (SSSR count). The predicted molar refractivity (Wildman–Crippen MR) is 296 cm³/mol. The van der Waals surface area contributed by atoms with Gasteiger partial charge in [-0.2, -0.15) is 18.2 Å². The molecule has 72 heavy (non-hydrogen) atoms. The van der Waals surface area contributed by atoms with E-state index in [1.165, 1.54) is 43.1 Å². The van der Waals surface area contributed by atoms with Gasteiger partial charge in [-0.05, 0) is 119 Å². The molecule has 0 fully saturated rings. The molecule has 6 nitrogen and oxygen atoms in total. The van der Waals surface area contributed by atoms with E-state index in [2.05, 4.69) is 103 Å². The summed E-state index contributed by atoms with van der Waals surface area (Å²) in [7, 11) is 6.63.